The van der Waals surface area contributed by atoms with Gasteiger partial charge in [0.25, 0.3) is 5.91 Å². The molecule has 0 bridgehead atoms. The molecule has 0 N–H and O–H groups in total. The molecule has 1 atom stereocenters. The SMILES string of the molecule is Cc1csc(C2CCCCN2C(=O)c2ccco2)n1. The highest BCUT2D eigenvalue weighted by molar-refractivity contribution is 7.09. The molecule has 3 heterocycles. The van der Waals surface area contributed by atoms with Crippen LogP contribution in [0.4, 0.5) is 0 Å². The molecule has 19 heavy (non-hydrogen) atoms. The van der Waals surface area contributed by atoms with Crippen LogP contribution in [0, 0.1) is 6.92 Å². The van der Waals surface area contributed by atoms with Crippen molar-refractivity contribution in [1.82, 2.24) is 9.88 Å². The Balaban J connectivity index is 1.87. The number of aryl methyl sites for hydroxylation is 1. The summed E-state index contributed by atoms with van der Waals surface area (Å²) in [7, 11) is 0. The fourth-order valence-corrected chi connectivity index (χ4v) is 3.44. The predicted molar refractivity (Wildman–Crippen MR) is 73.2 cm³/mol. The number of hydrogen-bond donors (Lipinski definition) is 0. The molecule has 0 saturated carbocycles. The molecule has 1 unspecified atom stereocenters. The molecular formula is C14H16N2O2S. The molecule has 5 heteroatoms. The number of likely N-dealkylation sites (tertiary alicyclic amines) is 1. The highest BCUT2D eigenvalue weighted by atomic mass is 32.1. The lowest BCUT2D eigenvalue weighted by Gasteiger charge is -2.33. The Morgan fingerprint density at radius 1 is 1.53 bits per heavy atom. The van der Waals surface area contributed by atoms with Crippen LogP contribution in [0.3, 0.4) is 0 Å². The number of carbonyl (C=O) groups excluding carboxylic acids is 1. The molecule has 1 amide bonds. The van der Waals surface area contributed by atoms with Gasteiger partial charge in [-0.05, 0) is 38.3 Å². The Morgan fingerprint density at radius 2 is 2.42 bits per heavy atom. The largest absolute Gasteiger partial charge is 0.459 e. The first-order chi connectivity index (χ1) is 9.25. The standard InChI is InChI=1S/C14H16N2O2S/c1-10-9-19-13(15-10)11-5-2-3-7-16(11)14(17)12-6-4-8-18-12/h4,6,8-9,11H,2-3,5,7H2,1H3. The van der Waals surface area contributed by atoms with Gasteiger partial charge >= 0.3 is 0 Å². The molecule has 4 nitrogen and oxygen atoms in total. The van der Waals surface area contributed by atoms with E-state index in [-0.39, 0.29) is 11.9 Å². The Hall–Kier alpha value is -1.62. The number of aromatic nitrogens is 1. The predicted octanol–water partition coefficient (Wildman–Crippen LogP) is 3.41. The zero-order chi connectivity index (χ0) is 13.2. The van der Waals surface area contributed by atoms with Gasteiger partial charge in [-0.1, -0.05) is 0 Å². The van der Waals surface area contributed by atoms with Gasteiger partial charge in [-0.25, -0.2) is 4.98 Å². The van der Waals surface area contributed by atoms with E-state index in [0.29, 0.717) is 5.76 Å². The number of rotatable bonds is 2. The van der Waals surface area contributed by atoms with Crippen molar-refractivity contribution in [3.05, 3.63) is 40.2 Å². The van der Waals surface area contributed by atoms with Gasteiger partial charge in [-0.3, -0.25) is 4.79 Å². The number of nitrogens with zero attached hydrogens (tertiary/aromatic N) is 2. The Bertz CT molecular complexity index is 562. The van der Waals surface area contributed by atoms with Crippen LogP contribution in [0.2, 0.25) is 0 Å². The number of furan rings is 1. The topological polar surface area (TPSA) is 46.3 Å². The second kappa shape index (κ2) is 5.17. The lowest BCUT2D eigenvalue weighted by molar-refractivity contribution is 0.0578. The van der Waals surface area contributed by atoms with E-state index in [1.54, 1.807) is 29.7 Å². The first-order valence-corrected chi connectivity index (χ1v) is 7.40. The molecule has 1 aliphatic heterocycles. The number of carbonyl (C=O) groups is 1. The second-order valence-corrected chi connectivity index (χ2v) is 5.70. The highest BCUT2D eigenvalue weighted by Crippen LogP contribution is 2.33. The fourth-order valence-electron chi connectivity index (χ4n) is 2.50. The molecule has 0 radical (unpaired) electrons. The van der Waals surface area contributed by atoms with Crippen molar-refractivity contribution in [3.8, 4) is 0 Å². The zero-order valence-electron chi connectivity index (χ0n) is 10.8. The van der Waals surface area contributed by atoms with Crippen molar-refractivity contribution >= 4 is 17.2 Å². The quantitative estimate of drug-likeness (QED) is 0.844. The average Bonchev–Trinajstić information content (AvgIpc) is 3.09. The van der Waals surface area contributed by atoms with Crippen molar-refractivity contribution in [2.75, 3.05) is 6.54 Å². The summed E-state index contributed by atoms with van der Waals surface area (Å²) in [6.07, 6.45) is 4.72. The van der Waals surface area contributed by atoms with Crippen molar-refractivity contribution in [1.29, 1.82) is 0 Å². The van der Waals surface area contributed by atoms with Crippen molar-refractivity contribution < 1.29 is 9.21 Å². The van der Waals surface area contributed by atoms with Crippen molar-refractivity contribution in [2.45, 2.75) is 32.2 Å². The van der Waals surface area contributed by atoms with Crippen LogP contribution in [0.1, 0.15) is 46.6 Å². The number of thiazole rings is 1. The van der Waals surface area contributed by atoms with Crippen LogP contribution >= 0.6 is 11.3 Å². The molecular weight excluding hydrogens is 260 g/mol. The third-order valence-corrected chi connectivity index (χ3v) is 4.48. The van der Waals surface area contributed by atoms with E-state index in [2.05, 4.69) is 4.98 Å². The van der Waals surface area contributed by atoms with Crippen LogP contribution in [0.25, 0.3) is 0 Å². The van der Waals surface area contributed by atoms with Gasteiger partial charge in [-0.15, -0.1) is 11.3 Å². The maximum Gasteiger partial charge on any atom is 0.290 e. The third-order valence-electron chi connectivity index (χ3n) is 3.42. The second-order valence-electron chi connectivity index (χ2n) is 4.81. The van der Waals surface area contributed by atoms with Gasteiger partial charge in [0.2, 0.25) is 0 Å². The minimum absolute atomic E-state index is 0.0254. The van der Waals surface area contributed by atoms with Crippen LogP contribution < -0.4 is 0 Å². The van der Waals surface area contributed by atoms with Crippen LogP contribution in [-0.2, 0) is 0 Å². The first kappa shape index (κ1) is 12.4. The lowest BCUT2D eigenvalue weighted by atomic mass is 10.0. The van der Waals surface area contributed by atoms with Crippen LogP contribution in [0.15, 0.2) is 28.2 Å². The van der Waals surface area contributed by atoms with Crippen LogP contribution in [-0.4, -0.2) is 22.3 Å². The normalized spacial score (nSPS) is 19.6. The molecule has 0 aliphatic carbocycles. The maximum absolute atomic E-state index is 12.5. The number of amides is 1. The Labute approximate surface area is 116 Å². The summed E-state index contributed by atoms with van der Waals surface area (Å²) in [5.41, 5.74) is 1.02. The molecule has 2 aromatic rings. The minimum atomic E-state index is -0.0254. The summed E-state index contributed by atoms with van der Waals surface area (Å²) >= 11 is 1.64. The van der Waals surface area contributed by atoms with E-state index >= 15 is 0 Å². The molecule has 1 fully saturated rings. The average molecular weight is 276 g/mol. The molecule has 1 aliphatic rings. The van der Waals surface area contributed by atoms with Gasteiger partial charge in [-0.2, -0.15) is 0 Å². The van der Waals surface area contributed by atoms with Gasteiger partial charge in [0.05, 0.1) is 12.3 Å². The zero-order valence-corrected chi connectivity index (χ0v) is 11.7. The monoisotopic (exact) mass is 276 g/mol. The third kappa shape index (κ3) is 2.42. The van der Waals surface area contributed by atoms with E-state index in [1.807, 2.05) is 17.2 Å². The Morgan fingerprint density at radius 3 is 3.11 bits per heavy atom. The highest BCUT2D eigenvalue weighted by Gasteiger charge is 2.31. The van der Waals surface area contributed by atoms with E-state index in [0.717, 1.165) is 36.5 Å². The summed E-state index contributed by atoms with van der Waals surface area (Å²) in [6, 6.07) is 3.57. The maximum atomic E-state index is 12.5. The van der Waals surface area contributed by atoms with Crippen molar-refractivity contribution in [3.63, 3.8) is 0 Å². The molecule has 1 saturated heterocycles. The number of hydrogen-bond acceptors (Lipinski definition) is 4. The van der Waals surface area contributed by atoms with E-state index in [4.69, 9.17) is 4.42 Å². The summed E-state index contributed by atoms with van der Waals surface area (Å²) in [6.45, 7) is 2.77. The van der Waals surface area contributed by atoms with Gasteiger partial charge in [0, 0.05) is 17.6 Å². The minimum Gasteiger partial charge on any atom is -0.459 e. The van der Waals surface area contributed by atoms with Crippen molar-refractivity contribution in [2.24, 2.45) is 0 Å². The molecule has 0 spiro atoms. The lowest BCUT2D eigenvalue weighted by Crippen LogP contribution is -2.38. The summed E-state index contributed by atoms with van der Waals surface area (Å²) < 4.78 is 5.23. The summed E-state index contributed by atoms with van der Waals surface area (Å²) in [5, 5.41) is 3.08. The summed E-state index contributed by atoms with van der Waals surface area (Å²) in [5.74, 6) is 0.391. The molecule has 0 aromatic carbocycles. The molecule has 3 rings (SSSR count). The molecule has 2 aromatic heterocycles. The van der Waals surface area contributed by atoms with E-state index in [9.17, 15) is 4.79 Å². The first-order valence-electron chi connectivity index (χ1n) is 6.52. The fraction of sp³-hybridized carbons (Fsp3) is 0.429. The van der Waals surface area contributed by atoms with Crippen LogP contribution in [0.5, 0.6) is 0 Å². The van der Waals surface area contributed by atoms with E-state index < -0.39 is 0 Å². The van der Waals surface area contributed by atoms with E-state index in [1.165, 1.54) is 0 Å². The Kier molecular flexibility index (Phi) is 3.38. The summed E-state index contributed by atoms with van der Waals surface area (Å²) in [4.78, 5) is 18.9. The smallest absolute Gasteiger partial charge is 0.290 e. The van der Waals surface area contributed by atoms with Gasteiger partial charge in [0.1, 0.15) is 5.01 Å². The molecule has 100 valence electrons. The van der Waals surface area contributed by atoms with Gasteiger partial charge < -0.3 is 9.32 Å². The van der Waals surface area contributed by atoms with Gasteiger partial charge in [0.15, 0.2) is 5.76 Å². The number of piperidine rings is 1.